The Labute approximate surface area is 86.0 Å². The lowest BCUT2D eigenvalue weighted by Gasteiger charge is -2.22. The fourth-order valence-electron chi connectivity index (χ4n) is 1.43. The lowest BCUT2D eigenvalue weighted by Crippen LogP contribution is -2.22. The monoisotopic (exact) mass is 200 g/mol. The molecule has 1 saturated heterocycles. The van der Waals surface area contributed by atoms with Crippen LogP contribution in [0.1, 0.15) is 32.1 Å². The zero-order valence-electron chi connectivity index (χ0n) is 8.74. The van der Waals surface area contributed by atoms with Crippen LogP contribution in [0.4, 0.5) is 0 Å². The second-order valence-electron chi connectivity index (χ2n) is 3.41. The topological polar surface area (TPSA) is 27.7 Å². The second-order valence-corrected chi connectivity index (χ2v) is 3.41. The van der Waals surface area contributed by atoms with Crippen LogP contribution in [0.3, 0.4) is 0 Å². The van der Waals surface area contributed by atoms with Gasteiger partial charge in [-0.1, -0.05) is 6.58 Å². The molecule has 0 amide bonds. The molecule has 14 heavy (non-hydrogen) atoms. The first-order chi connectivity index (χ1) is 6.93. The lowest BCUT2D eigenvalue weighted by atomic mass is 10.2. The molecular weight excluding hydrogens is 180 g/mol. The Bertz CT molecular complexity index is 141. The van der Waals surface area contributed by atoms with Crippen molar-refractivity contribution in [1.29, 1.82) is 0 Å². The molecule has 1 aliphatic rings. The maximum Gasteiger partial charge on any atom is 0.157 e. The van der Waals surface area contributed by atoms with Crippen molar-refractivity contribution in [3.8, 4) is 0 Å². The summed E-state index contributed by atoms with van der Waals surface area (Å²) < 4.78 is 16.0. The molecule has 1 unspecified atom stereocenters. The number of hydrogen-bond donors (Lipinski definition) is 0. The number of hydrogen-bond acceptors (Lipinski definition) is 3. The summed E-state index contributed by atoms with van der Waals surface area (Å²) in [4.78, 5) is 0. The van der Waals surface area contributed by atoms with Crippen LogP contribution in [0.2, 0.25) is 0 Å². The fraction of sp³-hybridized carbons (Fsp3) is 0.818. The van der Waals surface area contributed by atoms with E-state index in [9.17, 15) is 0 Å². The summed E-state index contributed by atoms with van der Waals surface area (Å²) in [5, 5.41) is 0. The Balaban J connectivity index is 1.85. The molecule has 0 aromatic carbocycles. The van der Waals surface area contributed by atoms with Gasteiger partial charge in [0, 0.05) is 13.2 Å². The summed E-state index contributed by atoms with van der Waals surface area (Å²) >= 11 is 0. The van der Waals surface area contributed by atoms with Crippen molar-refractivity contribution in [2.75, 3.05) is 19.8 Å². The summed E-state index contributed by atoms with van der Waals surface area (Å²) in [5.74, 6) is 0. The van der Waals surface area contributed by atoms with E-state index in [0.29, 0.717) is 0 Å². The van der Waals surface area contributed by atoms with Crippen molar-refractivity contribution in [2.24, 2.45) is 0 Å². The van der Waals surface area contributed by atoms with Crippen LogP contribution in [0.25, 0.3) is 0 Å². The van der Waals surface area contributed by atoms with E-state index in [0.717, 1.165) is 39.1 Å². The Hall–Kier alpha value is -0.540. The van der Waals surface area contributed by atoms with Crippen molar-refractivity contribution in [1.82, 2.24) is 0 Å². The summed E-state index contributed by atoms with van der Waals surface area (Å²) in [6.45, 7) is 5.83. The van der Waals surface area contributed by atoms with E-state index in [4.69, 9.17) is 14.2 Å². The minimum Gasteiger partial charge on any atom is -0.502 e. The van der Waals surface area contributed by atoms with Gasteiger partial charge in [0.15, 0.2) is 6.29 Å². The van der Waals surface area contributed by atoms with Gasteiger partial charge in [-0.05, 0) is 32.1 Å². The molecule has 1 heterocycles. The molecule has 0 saturated carbocycles. The average molecular weight is 200 g/mol. The fourth-order valence-corrected chi connectivity index (χ4v) is 1.43. The molecule has 0 bridgehead atoms. The second kappa shape index (κ2) is 7.83. The largest absolute Gasteiger partial charge is 0.502 e. The van der Waals surface area contributed by atoms with Gasteiger partial charge in [0.25, 0.3) is 0 Å². The molecule has 1 fully saturated rings. The van der Waals surface area contributed by atoms with E-state index in [1.807, 2.05) is 0 Å². The summed E-state index contributed by atoms with van der Waals surface area (Å²) in [7, 11) is 0. The Morgan fingerprint density at radius 3 is 2.86 bits per heavy atom. The smallest absolute Gasteiger partial charge is 0.157 e. The van der Waals surface area contributed by atoms with Crippen LogP contribution >= 0.6 is 0 Å². The molecule has 3 nitrogen and oxygen atoms in total. The minimum absolute atomic E-state index is 0.0454. The van der Waals surface area contributed by atoms with Crippen molar-refractivity contribution >= 4 is 0 Å². The van der Waals surface area contributed by atoms with Crippen LogP contribution in [0, 0.1) is 0 Å². The number of unbranched alkanes of at least 4 members (excludes halogenated alkanes) is 1. The highest BCUT2D eigenvalue weighted by Crippen LogP contribution is 2.13. The first kappa shape index (κ1) is 11.5. The third kappa shape index (κ3) is 5.25. The Kier molecular flexibility index (Phi) is 6.45. The molecule has 82 valence electrons. The molecule has 1 rings (SSSR count). The molecule has 0 aromatic rings. The van der Waals surface area contributed by atoms with E-state index < -0.39 is 0 Å². The molecule has 0 N–H and O–H groups in total. The van der Waals surface area contributed by atoms with E-state index in [1.54, 1.807) is 0 Å². The number of ether oxygens (including phenoxy) is 3. The molecule has 1 aliphatic heterocycles. The first-order valence-corrected chi connectivity index (χ1v) is 5.39. The van der Waals surface area contributed by atoms with E-state index in [1.165, 1.54) is 19.1 Å². The van der Waals surface area contributed by atoms with E-state index in [-0.39, 0.29) is 6.29 Å². The van der Waals surface area contributed by atoms with E-state index in [2.05, 4.69) is 6.58 Å². The van der Waals surface area contributed by atoms with Crippen molar-refractivity contribution in [3.05, 3.63) is 12.8 Å². The quantitative estimate of drug-likeness (QED) is 0.466. The molecule has 0 spiro atoms. The van der Waals surface area contributed by atoms with Gasteiger partial charge in [0.05, 0.1) is 12.9 Å². The van der Waals surface area contributed by atoms with Crippen molar-refractivity contribution in [2.45, 2.75) is 38.4 Å². The maximum absolute atomic E-state index is 5.56. The van der Waals surface area contributed by atoms with Crippen LogP contribution in [-0.2, 0) is 14.2 Å². The summed E-state index contributed by atoms with van der Waals surface area (Å²) in [5.41, 5.74) is 0. The molecule has 1 atom stereocenters. The zero-order valence-corrected chi connectivity index (χ0v) is 8.74. The Morgan fingerprint density at radius 2 is 2.14 bits per heavy atom. The summed E-state index contributed by atoms with van der Waals surface area (Å²) in [6, 6.07) is 0. The minimum atomic E-state index is 0.0454. The predicted molar refractivity (Wildman–Crippen MR) is 54.9 cm³/mol. The lowest BCUT2D eigenvalue weighted by molar-refractivity contribution is -0.163. The highest BCUT2D eigenvalue weighted by atomic mass is 16.7. The third-order valence-electron chi connectivity index (χ3n) is 2.22. The number of rotatable bonds is 7. The predicted octanol–water partition coefficient (Wildman–Crippen LogP) is 2.47. The standard InChI is InChI=1S/C11H20O3/c1-2-12-8-5-6-10-14-11-7-3-4-9-13-11/h2,11H,1,3-10H2. The Morgan fingerprint density at radius 1 is 1.29 bits per heavy atom. The SMILES string of the molecule is C=COCCCCOC1CCCCO1. The van der Waals surface area contributed by atoms with Gasteiger partial charge in [-0.2, -0.15) is 0 Å². The van der Waals surface area contributed by atoms with Gasteiger partial charge in [0.2, 0.25) is 0 Å². The van der Waals surface area contributed by atoms with Crippen LogP contribution in [0.15, 0.2) is 12.8 Å². The van der Waals surface area contributed by atoms with Gasteiger partial charge >= 0.3 is 0 Å². The molecular formula is C11H20O3. The van der Waals surface area contributed by atoms with Gasteiger partial charge in [-0.3, -0.25) is 0 Å². The van der Waals surface area contributed by atoms with Crippen LogP contribution < -0.4 is 0 Å². The van der Waals surface area contributed by atoms with Gasteiger partial charge in [-0.25, -0.2) is 0 Å². The molecule has 3 heteroatoms. The molecule has 0 aromatic heterocycles. The van der Waals surface area contributed by atoms with Gasteiger partial charge in [-0.15, -0.1) is 0 Å². The van der Waals surface area contributed by atoms with Crippen molar-refractivity contribution in [3.63, 3.8) is 0 Å². The zero-order chi connectivity index (χ0) is 10.1. The van der Waals surface area contributed by atoms with Gasteiger partial charge in [0.1, 0.15) is 0 Å². The molecule has 0 radical (unpaired) electrons. The highest BCUT2D eigenvalue weighted by molar-refractivity contribution is 4.54. The van der Waals surface area contributed by atoms with E-state index >= 15 is 0 Å². The summed E-state index contributed by atoms with van der Waals surface area (Å²) in [6.07, 6.45) is 7.00. The molecule has 0 aliphatic carbocycles. The normalized spacial score (nSPS) is 21.9. The maximum atomic E-state index is 5.56. The average Bonchev–Trinajstić information content (AvgIpc) is 2.25. The third-order valence-corrected chi connectivity index (χ3v) is 2.22. The van der Waals surface area contributed by atoms with Crippen LogP contribution in [0.5, 0.6) is 0 Å². The van der Waals surface area contributed by atoms with Gasteiger partial charge < -0.3 is 14.2 Å². The van der Waals surface area contributed by atoms with Crippen LogP contribution in [-0.4, -0.2) is 26.1 Å². The first-order valence-electron chi connectivity index (χ1n) is 5.39. The highest BCUT2D eigenvalue weighted by Gasteiger charge is 2.12. The van der Waals surface area contributed by atoms with Crippen molar-refractivity contribution < 1.29 is 14.2 Å².